The number of aromatic nitrogens is 1. The Hall–Kier alpha value is -1.58. The number of nitrogens with two attached hydrogens (primary N) is 1. The summed E-state index contributed by atoms with van der Waals surface area (Å²) in [6.07, 6.45) is 5.79. The molecule has 0 aliphatic carbocycles. The van der Waals surface area contributed by atoms with Crippen molar-refractivity contribution in [1.29, 1.82) is 0 Å². The van der Waals surface area contributed by atoms with E-state index in [1.165, 1.54) is 0 Å². The van der Waals surface area contributed by atoms with Gasteiger partial charge in [-0.15, -0.1) is 0 Å². The third-order valence-electron chi connectivity index (χ3n) is 2.91. The molecule has 1 aromatic rings. The van der Waals surface area contributed by atoms with Crippen molar-refractivity contribution in [3.05, 3.63) is 23.9 Å². The van der Waals surface area contributed by atoms with Crippen molar-refractivity contribution in [2.24, 2.45) is 0 Å². The third kappa shape index (κ3) is 1.93. The molecule has 2 heterocycles. The molecule has 1 aliphatic rings. The largest absolute Gasteiger partial charge is 0.383 e. The normalized spacial score (nSPS) is 21.3. The van der Waals surface area contributed by atoms with Crippen LogP contribution in [0.4, 0.5) is 5.82 Å². The molecule has 0 saturated carbocycles. The maximum atomic E-state index is 10.9. The minimum Gasteiger partial charge on any atom is -0.383 e. The second-order valence-electron chi connectivity index (χ2n) is 3.83. The summed E-state index contributed by atoms with van der Waals surface area (Å²) in [4.78, 5) is 16.8. The molecule has 0 unspecified atom stereocenters. The minimum atomic E-state index is 0.116. The van der Waals surface area contributed by atoms with E-state index in [0.29, 0.717) is 5.82 Å². The Labute approximate surface area is 89.1 Å². The standard InChI is InChI=1S/C11H15N3O/c12-11-9(4-3-6-13-11)10-5-1-2-7-14(10)8-15/h3-4,6,8,10H,1-2,5,7H2,(H2,12,13)/t10-/m1/s1. The first-order valence-electron chi connectivity index (χ1n) is 5.24. The van der Waals surface area contributed by atoms with Gasteiger partial charge in [0.1, 0.15) is 5.82 Å². The van der Waals surface area contributed by atoms with Crippen LogP contribution >= 0.6 is 0 Å². The van der Waals surface area contributed by atoms with Gasteiger partial charge in [-0.1, -0.05) is 6.07 Å². The molecule has 4 heteroatoms. The summed E-state index contributed by atoms with van der Waals surface area (Å²) >= 11 is 0. The van der Waals surface area contributed by atoms with E-state index in [-0.39, 0.29) is 6.04 Å². The minimum absolute atomic E-state index is 0.116. The number of piperidine rings is 1. The van der Waals surface area contributed by atoms with E-state index in [1.807, 2.05) is 17.0 Å². The lowest BCUT2D eigenvalue weighted by atomic mass is 9.96. The lowest BCUT2D eigenvalue weighted by Gasteiger charge is -2.33. The number of hydrogen-bond acceptors (Lipinski definition) is 3. The molecule has 1 atom stereocenters. The molecule has 1 aliphatic heterocycles. The summed E-state index contributed by atoms with van der Waals surface area (Å²) < 4.78 is 0. The molecule has 80 valence electrons. The van der Waals surface area contributed by atoms with Crippen molar-refractivity contribution in [3.8, 4) is 0 Å². The van der Waals surface area contributed by atoms with E-state index in [4.69, 9.17) is 5.73 Å². The van der Waals surface area contributed by atoms with E-state index < -0.39 is 0 Å². The average molecular weight is 205 g/mol. The van der Waals surface area contributed by atoms with E-state index >= 15 is 0 Å². The Morgan fingerprint density at radius 2 is 2.40 bits per heavy atom. The second-order valence-corrected chi connectivity index (χ2v) is 3.83. The van der Waals surface area contributed by atoms with Crippen LogP contribution in [-0.2, 0) is 4.79 Å². The first kappa shape index (κ1) is 9.96. The Bertz CT molecular complexity index is 353. The molecular formula is C11H15N3O. The Balaban J connectivity index is 2.28. The quantitative estimate of drug-likeness (QED) is 0.741. The smallest absolute Gasteiger partial charge is 0.210 e. The van der Waals surface area contributed by atoms with Crippen LogP contribution in [0.3, 0.4) is 0 Å². The molecule has 0 spiro atoms. The van der Waals surface area contributed by atoms with Crippen molar-refractivity contribution < 1.29 is 4.79 Å². The van der Waals surface area contributed by atoms with Gasteiger partial charge in [0.2, 0.25) is 6.41 Å². The van der Waals surface area contributed by atoms with Crippen molar-refractivity contribution in [1.82, 2.24) is 9.88 Å². The van der Waals surface area contributed by atoms with Gasteiger partial charge in [-0.05, 0) is 25.3 Å². The second kappa shape index (κ2) is 4.29. The number of hydrogen-bond donors (Lipinski definition) is 1. The van der Waals surface area contributed by atoms with Gasteiger partial charge in [0.15, 0.2) is 0 Å². The highest BCUT2D eigenvalue weighted by Crippen LogP contribution is 2.31. The summed E-state index contributed by atoms with van der Waals surface area (Å²) in [6.45, 7) is 0.822. The monoisotopic (exact) mass is 205 g/mol. The molecule has 0 aromatic carbocycles. The average Bonchev–Trinajstić information content (AvgIpc) is 2.30. The van der Waals surface area contributed by atoms with Crippen molar-refractivity contribution in [3.63, 3.8) is 0 Å². The zero-order valence-electron chi connectivity index (χ0n) is 8.60. The maximum Gasteiger partial charge on any atom is 0.210 e. The van der Waals surface area contributed by atoms with E-state index in [0.717, 1.165) is 37.8 Å². The SMILES string of the molecule is Nc1ncccc1[C@H]1CCCCN1C=O. The van der Waals surface area contributed by atoms with Crippen LogP contribution in [0, 0.1) is 0 Å². The van der Waals surface area contributed by atoms with Gasteiger partial charge in [0.25, 0.3) is 0 Å². The molecule has 2 N–H and O–H groups in total. The van der Waals surface area contributed by atoms with Crippen molar-refractivity contribution in [2.45, 2.75) is 25.3 Å². The van der Waals surface area contributed by atoms with Crippen molar-refractivity contribution >= 4 is 12.2 Å². The third-order valence-corrected chi connectivity index (χ3v) is 2.91. The predicted molar refractivity (Wildman–Crippen MR) is 58.0 cm³/mol. The van der Waals surface area contributed by atoms with E-state index in [2.05, 4.69) is 4.98 Å². The van der Waals surface area contributed by atoms with Crippen LogP contribution in [-0.4, -0.2) is 22.8 Å². The van der Waals surface area contributed by atoms with E-state index in [9.17, 15) is 4.79 Å². The van der Waals surface area contributed by atoms with Crippen molar-refractivity contribution in [2.75, 3.05) is 12.3 Å². The summed E-state index contributed by atoms with van der Waals surface area (Å²) in [6, 6.07) is 3.93. The molecule has 0 radical (unpaired) electrons. The molecule has 15 heavy (non-hydrogen) atoms. The summed E-state index contributed by atoms with van der Waals surface area (Å²) in [5.41, 5.74) is 6.79. The number of rotatable bonds is 2. The number of pyridine rings is 1. The number of carbonyl (C=O) groups is 1. The highest BCUT2D eigenvalue weighted by molar-refractivity contribution is 5.51. The summed E-state index contributed by atoms with van der Waals surface area (Å²) in [5, 5.41) is 0. The molecular weight excluding hydrogens is 190 g/mol. The van der Waals surface area contributed by atoms with Crippen LogP contribution in [0.25, 0.3) is 0 Å². The highest BCUT2D eigenvalue weighted by atomic mass is 16.1. The van der Waals surface area contributed by atoms with Gasteiger partial charge in [-0.3, -0.25) is 4.79 Å². The predicted octanol–water partition coefficient (Wildman–Crippen LogP) is 1.35. The van der Waals surface area contributed by atoms with Gasteiger partial charge >= 0.3 is 0 Å². The lowest BCUT2D eigenvalue weighted by molar-refractivity contribution is -0.121. The Morgan fingerprint density at radius 3 is 3.13 bits per heavy atom. The Kier molecular flexibility index (Phi) is 2.85. The summed E-state index contributed by atoms with van der Waals surface area (Å²) in [5.74, 6) is 0.538. The highest BCUT2D eigenvalue weighted by Gasteiger charge is 2.24. The fourth-order valence-electron chi connectivity index (χ4n) is 2.13. The molecule has 1 amide bonds. The van der Waals surface area contributed by atoms with Crippen LogP contribution in [0.15, 0.2) is 18.3 Å². The topological polar surface area (TPSA) is 59.2 Å². The lowest BCUT2D eigenvalue weighted by Crippen LogP contribution is -2.32. The van der Waals surface area contributed by atoms with Crippen LogP contribution in [0.5, 0.6) is 0 Å². The molecule has 1 fully saturated rings. The van der Waals surface area contributed by atoms with Gasteiger partial charge in [0.05, 0.1) is 6.04 Å². The summed E-state index contributed by atoms with van der Waals surface area (Å²) in [7, 11) is 0. The number of amides is 1. The molecule has 1 aromatic heterocycles. The van der Waals surface area contributed by atoms with Crippen LogP contribution < -0.4 is 5.73 Å². The number of likely N-dealkylation sites (tertiary alicyclic amines) is 1. The molecule has 0 bridgehead atoms. The Morgan fingerprint density at radius 1 is 1.53 bits per heavy atom. The van der Waals surface area contributed by atoms with Gasteiger partial charge in [-0.25, -0.2) is 4.98 Å². The molecule has 2 rings (SSSR count). The van der Waals surface area contributed by atoms with Crippen LogP contribution in [0.1, 0.15) is 30.9 Å². The van der Waals surface area contributed by atoms with Gasteiger partial charge in [0, 0.05) is 18.3 Å². The number of nitrogens with zero attached hydrogens (tertiary/aromatic N) is 2. The maximum absolute atomic E-state index is 10.9. The number of carbonyl (C=O) groups excluding carboxylic acids is 1. The van der Waals surface area contributed by atoms with Crippen LogP contribution in [0.2, 0.25) is 0 Å². The number of nitrogen functional groups attached to an aromatic ring is 1. The first-order valence-corrected chi connectivity index (χ1v) is 5.24. The fourth-order valence-corrected chi connectivity index (χ4v) is 2.13. The molecule has 1 saturated heterocycles. The van der Waals surface area contributed by atoms with E-state index in [1.54, 1.807) is 6.20 Å². The zero-order chi connectivity index (χ0) is 10.7. The zero-order valence-corrected chi connectivity index (χ0v) is 8.60. The molecule has 4 nitrogen and oxygen atoms in total. The number of anilines is 1. The van der Waals surface area contributed by atoms with Gasteiger partial charge in [-0.2, -0.15) is 0 Å². The first-order chi connectivity index (χ1) is 7.33. The van der Waals surface area contributed by atoms with Gasteiger partial charge < -0.3 is 10.6 Å². The fraction of sp³-hybridized carbons (Fsp3) is 0.455.